The molecule has 0 aromatic heterocycles. The van der Waals surface area contributed by atoms with Gasteiger partial charge in [-0.25, -0.2) is 4.79 Å². The summed E-state index contributed by atoms with van der Waals surface area (Å²) in [5.41, 5.74) is -9.44. The molecule has 3 saturated heterocycles. The topological polar surface area (TPSA) is 179 Å². The van der Waals surface area contributed by atoms with E-state index in [1.165, 1.54) is 20.3 Å². The van der Waals surface area contributed by atoms with Gasteiger partial charge in [-0.15, -0.1) is 0 Å². The normalized spacial score (nSPS) is 53.6. The molecule has 3 aliphatic heterocycles. The fourth-order valence-corrected chi connectivity index (χ4v) is 12.6. The SMILES string of the molecule is COc1ccc(C(=O)O[C@@H]2CC[C@@]3(C)[C@H]4CC[C@H]5[C@]6(O)C[C@H](O)[C@@]7(O)[C@@H](CN8C[C@@H](C)CC[C@@H]8[C@@]7(C)O)[C@]6(O)C[C@@]53O[C@]24O)cc1OC. The molecule has 0 amide bonds. The number of rotatable bonds is 4. The van der Waals surface area contributed by atoms with Crippen LogP contribution >= 0.6 is 0 Å². The van der Waals surface area contributed by atoms with Crippen molar-refractivity contribution in [3.8, 4) is 11.5 Å². The fourth-order valence-electron chi connectivity index (χ4n) is 12.6. The quantitative estimate of drug-likeness (QED) is 0.253. The third-order valence-electron chi connectivity index (χ3n) is 14.9. The van der Waals surface area contributed by atoms with Crippen LogP contribution in [-0.4, -0.2) is 121 Å². The highest BCUT2D eigenvalue weighted by Crippen LogP contribution is 2.78. The number of aliphatic hydroxyl groups is 6. The first-order valence-electron chi connectivity index (χ1n) is 17.6. The van der Waals surface area contributed by atoms with Crippen LogP contribution in [0.25, 0.3) is 0 Å². The van der Waals surface area contributed by atoms with Crippen LogP contribution in [0.15, 0.2) is 18.2 Å². The van der Waals surface area contributed by atoms with Crippen LogP contribution in [0, 0.1) is 29.1 Å². The zero-order chi connectivity index (χ0) is 34.4. The molecule has 1 aromatic carbocycles. The predicted molar refractivity (Wildman–Crippen MR) is 169 cm³/mol. The van der Waals surface area contributed by atoms with Crippen LogP contribution in [0.5, 0.6) is 11.5 Å². The molecule has 48 heavy (non-hydrogen) atoms. The molecule has 4 aliphatic carbocycles. The van der Waals surface area contributed by atoms with Crippen molar-refractivity contribution in [3.05, 3.63) is 23.8 Å². The van der Waals surface area contributed by atoms with E-state index in [2.05, 4.69) is 11.8 Å². The lowest BCUT2D eigenvalue weighted by Crippen LogP contribution is -2.85. The maximum absolute atomic E-state index is 13.5. The lowest BCUT2D eigenvalue weighted by molar-refractivity contribution is -0.354. The van der Waals surface area contributed by atoms with Gasteiger partial charge in [-0.3, -0.25) is 4.90 Å². The minimum Gasteiger partial charge on any atom is -0.493 e. The Balaban J connectivity index is 1.16. The van der Waals surface area contributed by atoms with Gasteiger partial charge in [-0.05, 0) is 69.6 Å². The predicted octanol–water partition coefficient (Wildman–Crippen LogP) is 1.36. The van der Waals surface area contributed by atoms with E-state index in [-0.39, 0.29) is 24.9 Å². The van der Waals surface area contributed by atoms with Gasteiger partial charge in [0.25, 0.3) is 0 Å². The smallest absolute Gasteiger partial charge is 0.338 e. The Morgan fingerprint density at radius 3 is 2.31 bits per heavy atom. The van der Waals surface area contributed by atoms with E-state index < -0.39 is 81.2 Å². The molecule has 0 unspecified atom stereocenters. The fraction of sp³-hybridized carbons (Fsp3) is 0.806. The molecule has 12 heteroatoms. The molecule has 14 atom stereocenters. The summed E-state index contributed by atoms with van der Waals surface area (Å²) < 4.78 is 23.5. The molecule has 4 bridgehead atoms. The van der Waals surface area contributed by atoms with Crippen molar-refractivity contribution in [2.75, 3.05) is 27.3 Å². The second-order valence-corrected chi connectivity index (χ2v) is 16.8. The third-order valence-corrected chi connectivity index (χ3v) is 14.9. The van der Waals surface area contributed by atoms with Gasteiger partial charge < -0.3 is 49.6 Å². The van der Waals surface area contributed by atoms with Gasteiger partial charge in [0.2, 0.25) is 5.79 Å². The average Bonchev–Trinajstić information content (AvgIpc) is 3.21. The Bertz CT molecular complexity index is 1520. The number of methoxy groups -OCH3 is 2. The molecule has 1 spiro atoms. The van der Waals surface area contributed by atoms with Crippen LogP contribution in [0.4, 0.5) is 0 Å². The van der Waals surface area contributed by atoms with Crippen molar-refractivity contribution in [2.45, 2.75) is 124 Å². The lowest BCUT2D eigenvalue weighted by Gasteiger charge is -2.68. The van der Waals surface area contributed by atoms with E-state index in [1.54, 1.807) is 19.1 Å². The van der Waals surface area contributed by atoms with Crippen molar-refractivity contribution < 1.29 is 54.4 Å². The lowest BCUT2D eigenvalue weighted by atomic mass is 9.49. The van der Waals surface area contributed by atoms with E-state index in [0.29, 0.717) is 56.1 Å². The molecule has 3 heterocycles. The van der Waals surface area contributed by atoms with E-state index in [1.807, 2.05) is 6.92 Å². The van der Waals surface area contributed by atoms with Gasteiger partial charge in [-0.2, -0.15) is 0 Å². The van der Waals surface area contributed by atoms with Crippen LogP contribution in [0.2, 0.25) is 0 Å². The number of nitrogens with zero attached hydrogens (tertiary/aromatic N) is 1. The Kier molecular flexibility index (Phi) is 6.94. The van der Waals surface area contributed by atoms with E-state index in [4.69, 9.17) is 18.9 Å². The van der Waals surface area contributed by atoms with E-state index in [0.717, 1.165) is 6.42 Å². The second kappa shape index (κ2) is 10.1. The van der Waals surface area contributed by atoms with E-state index in [9.17, 15) is 35.4 Å². The number of benzene rings is 1. The molecule has 12 nitrogen and oxygen atoms in total. The first kappa shape index (κ1) is 33.1. The van der Waals surface area contributed by atoms with E-state index >= 15 is 0 Å². The van der Waals surface area contributed by atoms with Gasteiger partial charge in [-0.1, -0.05) is 13.8 Å². The third kappa shape index (κ3) is 3.66. The Morgan fingerprint density at radius 1 is 0.896 bits per heavy atom. The highest BCUT2D eigenvalue weighted by Gasteiger charge is 2.88. The number of ether oxygens (including phenoxy) is 4. The molecule has 8 rings (SSSR count). The van der Waals surface area contributed by atoms with Crippen LogP contribution in [0.3, 0.4) is 0 Å². The minimum atomic E-state index is -2.10. The summed E-state index contributed by atoms with van der Waals surface area (Å²) in [4.78, 5) is 15.6. The molecular weight excluding hydrogens is 622 g/mol. The van der Waals surface area contributed by atoms with Gasteiger partial charge in [0.05, 0.1) is 31.5 Å². The van der Waals surface area contributed by atoms with Crippen molar-refractivity contribution >= 4 is 5.97 Å². The zero-order valence-corrected chi connectivity index (χ0v) is 28.5. The van der Waals surface area contributed by atoms with Crippen molar-refractivity contribution in [3.63, 3.8) is 0 Å². The van der Waals surface area contributed by atoms with Crippen LogP contribution < -0.4 is 9.47 Å². The first-order chi connectivity index (χ1) is 22.5. The molecule has 0 radical (unpaired) electrons. The van der Waals surface area contributed by atoms with Crippen molar-refractivity contribution in [1.29, 1.82) is 0 Å². The molecule has 266 valence electrons. The number of fused-ring (bicyclic) bond motifs is 5. The molecule has 7 aliphatic rings. The molecule has 7 fully saturated rings. The second-order valence-electron chi connectivity index (χ2n) is 16.8. The highest BCUT2D eigenvalue weighted by molar-refractivity contribution is 5.90. The zero-order valence-electron chi connectivity index (χ0n) is 28.5. The Hall–Kier alpha value is -2.03. The highest BCUT2D eigenvalue weighted by atomic mass is 16.7. The number of aliphatic hydroxyl groups excluding tert-OH is 1. The maximum atomic E-state index is 13.5. The number of esters is 1. The monoisotopic (exact) mass is 673 g/mol. The standard InChI is InChI=1S/C36H51NO11/c1-19-6-11-26-31(3,40)35(43)25(17-37(26)16-19)33(42)18-34-24(32(33,41)15-27(35)38)10-9-23-30(34,2)13-12-28(36(23,44)48-34)47-29(39)20-7-8-21(45-4)22(14-20)46-5/h7-8,14,19,23-28,38,40-44H,6,9-13,15-18H2,1-5H3/t19-,23+,24-,25-,26+,27-,28+,30-,31+,32+,33+,34+,35-,36-/m0/s1. The number of hydrogen-bond acceptors (Lipinski definition) is 12. The molecular formula is C36H51NO11. The van der Waals surface area contributed by atoms with Crippen LogP contribution in [0.1, 0.15) is 82.5 Å². The summed E-state index contributed by atoms with van der Waals surface area (Å²) in [5, 5.41) is 74.7. The van der Waals surface area contributed by atoms with Gasteiger partial charge in [0.1, 0.15) is 22.4 Å². The number of piperidine rings is 2. The number of hydrogen-bond donors (Lipinski definition) is 6. The van der Waals surface area contributed by atoms with Crippen molar-refractivity contribution in [2.24, 2.45) is 29.1 Å². The van der Waals surface area contributed by atoms with Crippen LogP contribution in [-0.2, 0) is 9.47 Å². The van der Waals surface area contributed by atoms with Gasteiger partial charge in [0, 0.05) is 55.1 Å². The maximum Gasteiger partial charge on any atom is 0.338 e. The van der Waals surface area contributed by atoms with Gasteiger partial charge >= 0.3 is 5.97 Å². The van der Waals surface area contributed by atoms with Gasteiger partial charge in [0.15, 0.2) is 17.6 Å². The molecule has 4 saturated carbocycles. The summed E-state index contributed by atoms with van der Waals surface area (Å²) in [5.74, 6) is -3.63. The summed E-state index contributed by atoms with van der Waals surface area (Å²) in [6.45, 7) is 6.57. The summed E-state index contributed by atoms with van der Waals surface area (Å²) in [7, 11) is 2.97. The Morgan fingerprint density at radius 2 is 1.60 bits per heavy atom. The summed E-state index contributed by atoms with van der Waals surface area (Å²) in [6.07, 6.45) is 0.172. The summed E-state index contributed by atoms with van der Waals surface area (Å²) >= 11 is 0. The first-order valence-corrected chi connectivity index (χ1v) is 17.6. The number of carbonyl (C=O) groups is 1. The average molecular weight is 674 g/mol. The largest absolute Gasteiger partial charge is 0.493 e. The number of carbonyl (C=O) groups excluding carboxylic acids is 1. The summed E-state index contributed by atoms with van der Waals surface area (Å²) in [6, 6.07) is 4.28. The molecule has 6 N–H and O–H groups in total. The minimum absolute atomic E-state index is 0.101. The Labute approximate surface area is 280 Å². The van der Waals surface area contributed by atoms with Crippen molar-refractivity contribution in [1.82, 2.24) is 4.90 Å². The molecule has 1 aromatic rings.